The normalized spacial score (nSPS) is 28.5. The number of carbonyl (C=O) groups excluding carboxylic acids is 1. The van der Waals surface area contributed by atoms with E-state index in [1.165, 1.54) is 6.26 Å². The van der Waals surface area contributed by atoms with Crippen molar-refractivity contribution >= 4 is 15.8 Å². The number of hydrogen-bond acceptors (Lipinski definition) is 4. The van der Waals surface area contributed by atoms with Crippen molar-refractivity contribution in [1.29, 1.82) is 0 Å². The fourth-order valence-corrected chi connectivity index (χ4v) is 3.77. The minimum Gasteiger partial charge on any atom is -0.302 e. The van der Waals surface area contributed by atoms with Gasteiger partial charge in [0.15, 0.2) is 0 Å². The second kappa shape index (κ2) is 5.67. The van der Waals surface area contributed by atoms with E-state index in [2.05, 4.69) is 4.90 Å². The van der Waals surface area contributed by atoms with Crippen molar-refractivity contribution < 1.29 is 13.2 Å². The zero-order valence-electron chi connectivity index (χ0n) is 11.0. The lowest BCUT2D eigenvalue weighted by Crippen LogP contribution is -2.45. The van der Waals surface area contributed by atoms with E-state index in [0.29, 0.717) is 37.6 Å². The Kier molecular flexibility index (Phi) is 4.40. The third kappa shape index (κ3) is 3.76. The highest BCUT2D eigenvalue weighted by atomic mass is 32.2. The molecule has 0 N–H and O–H groups in total. The van der Waals surface area contributed by atoms with Gasteiger partial charge in [-0.25, -0.2) is 12.7 Å². The Morgan fingerprint density at radius 1 is 1.22 bits per heavy atom. The first-order valence-electron chi connectivity index (χ1n) is 6.64. The van der Waals surface area contributed by atoms with E-state index in [1.807, 2.05) is 0 Å². The lowest BCUT2D eigenvalue weighted by atomic mass is 9.98. The Morgan fingerprint density at radius 3 is 2.50 bits per heavy atom. The summed E-state index contributed by atoms with van der Waals surface area (Å²) in [6.45, 7) is 3.92. The summed E-state index contributed by atoms with van der Waals surface area (Å²) in [5, 5.41) is 0. The first kappa shape index (κ1) is 14.0. The molecule has 0 aromatic heterocycles. The van der Waals surface area contributed by atoms with E-state index in [0.717, 1.165) is 32.5 Å². The highest BCUT2D eigenvalue weighted by molar-refractivity contribution is 7.88. The van der Waals surface area contributed by atoms with Crippen molar-refractivity contribution in [3.05, 3.63) is 0 Å². The van der Waals surface area contributed by atoms with Crippen molar-refractivity contribution in [3.8, 4) is 0 Å². The van der Waals surface area contributed by atoms with Gasteiger partial charge in [-0.15, -0.1) is 0 Å². The molecule has 18 heavy (non-hydrogen) atoms. The van der Waals surface area contributed by atoms with Crippen LogP contribution in [0.1, 0.15) is 25.7 Å². The average Bonchev–Trinajstić information content (AvgIpc) is 2.31. The van der Waals surface area contributed by atoms with Gasteiger partial charge in [0.25, 0.3) is 0 Å². The van der Waals surface area contributed by atoms with Crippen LogP contribution in [0.25, 0.3) is 0 Å². The van der Waals surface area contributed by atoms with Crippen LogP contribution in [-0.4, -0.2) is 62.4 Å². The molecular formula is C12H22N2O3S. The van der Waals surface area contributed by atoms with Gasteiger partial charge < -0.3 is 4.90 Å². The van der Waals surface area contributed by atoms with Crippen LogP contribution in [0.3, 0.4) is 0 Å². The lowest BCUT2D eigenvalue weighted by Gasteiger charge is -2.35. The van der Waals surface area contributed by atoms with E-state index in [4.69, 9.17) is 0 Å². The van der Waals surface area contributed by atoms with Crippen LogP contribution in [0, 0.1) is 5.92 Å². The first-order valence-corrected chi connectivity index (χ1v) is 8.49. The Balaban J connectivity index is 1.84. The van der Waals surface area contributed by atoms with Crippen molar-refractivity contribution in [2.24, 2.45) is 5.92 Å². The van der Waals surface area contributed by atoms with Gasteiger partial charge in [-0.1, -0.05) is 0 Å². The molecule has 6 heteroatoms. The van der Waals surface area contributed by atoms with E-state index >= 15 is 0 Å². The summed E-state index contributed by atoms with van der Waals surface area (Å²) in [7, 11) is -3.05. The quantitative estimate of drug-likeness (QED) is 0.744. The third-order valence-electron chi connectivity index (χ3n) is 3.88. The maximum absolute atomic E-state index is 11.5. The highest BCUT2D eigenvalue weighted by Gasteiger charge is 2.28. The molecule has 0 spiro atoms. The first-order chi connectivity index (χ1) is 8.45. The van der Waals surface area contributed by atoms with E-state index in [9.17, 15) is 13.2 Å². The Morgan fingerprint density at radius 2 is 1.89 bits per heavy atom. The minimum absolute atomic E-state index is 0.354. The molecule has 0 bridgehead atoms. The molecule has 2 heterocycles. The van der Waals surface area contributed by atoms with Gasteiger partial charge in [0.1, 0.15) is 5.78 Å². The second-order valence-corrected chi connectivity index (χ2v) is 7.45. The number of hydrogen-bond donors (Lipinski definition) is 0. The number of Topliss-reactive ketones (excluding diaryl/α,β-unsaturated/α-hetero) is 1. The number of carbonyl (C=O) groups is 1. The molecule has 2 rings (SSSR count). The Hall–Kier alpha value is -0.460. The number of nitrogens with zero attached hydrogens (tertiary/aromatic N) is 2. The molecule has 2 saturated heterocycles. The molecule has 104 valence electrons. The van der Waals surface area contributed by atoms with Crippen LogP contribution in [-0.2, 0) is 14.8 Å². The number of rotatable bonds is 3. The molecule has 0 aromatic rings. The maximum Gasteiger partial charge on any atom is 0.211 e. The summed E-state index contributed by atoms with van der Waals surface area (Å²) < 4.78 is 24.7. The van der Waals surface area contributed by atoms with Gasteiger partial charge >= 0.3 is 0 Å². The third-order valence-corrected chi connectivity index (χ3v) is 5.15. The van der Waals surface area contributed by atoms with Crippen LogP contribution in [0.4, 0.5) is 0 Å². The number of sulfonamides is 1. The molecular weight excluding hydrogens is 252 g/mol. The van der Waals surface area contributed by atoms with E-state index < -0.39 is 10.0 Å². The molecule has 0 aliphatic carbocycles. The van der Waals surface area contributed by atoms with Gasteiger partial charge in [0.05, 0.1) is 6.26 Å². The summed E-state index contributed by atoms with van der Waals surface area (Å²) >= 11 is 0. The largest absolute Gasteiger partial charge is 0.302 e. The number of piperidine rings is 2. The molecule has 5 nitrogen and oxygen atoms in total. The second-order valence-electron chi connectivity index (χ2n) is 5.47. The van der Waals surface area contributed by atoms with Crippen LogP contribution >= 0.6 is 0 Å². The summed E-state index contributed by atoms with van der Waals surface area (Å²) in [5.74, 6) is 0.773. The molecule has 1 unspecified atom stereocenters. The van der Waals surface area contributed by atoms with E-state index in [-0.39, 0.29) is 0 Å². The zero-order valence-corrected chi connectivity index (χ0v) is 11.8. The Labute approximate surface area is 109 Å². The molecule has 2 aliphatic rings. The predicted octanol–water partition coefficient (Wildman–Crippen LogP) is 0.323. The fourth-order valence-electron chi connectivity index (χ4n) is 2.83. The molecule has 1 atom stereocenters. The van der Waals surface area contributed by atoms with Gasteiger partial charge in [-0.3, -0.25) is 4.79 Å². The standard InChI is InChI=1S/C12H22N2O3S/c1-18(16,17)14-6-2-3-11(10-14)9-13-7-4-12(15)5-8-13/h11H,2-10H2,1H3. The molecule has 0 radical (unpaired) electrons. The lowest BCUT2D eigenvalue weighted by molar-refractivity contribution is -0.121. The molecule has 2 aliphatic heterocycles. The van der Waals surface area contributed by atoms with Crippen LogP contribution in [0.15, 0.2) is 0 Å². The Bertz CT molecular complexity index is 398. The fraction of sp³-hybridized carbons (Fsp3) is 0.917. The SMILES string of the molecule is CS(=O)(=O)N1CCCC(CN2CCC(=O)CC2)C1. The van der Waals surface area contributed by atoms with Gasteiger partial charge in [-0.05, 0) is 18.8 Å². The zero-order chi connectivity index (χ0) is 13.2. The van der Waals surface area contributed by atoms with Gasteiger partial charge in [0, 0.05) is 45.6 Å². The van der Waals surface area contributed by atoms with Crippen LogP contribution in [0.2, 0.25) is 0 Å². The highest BCUT2D eigenvalue weighted by Crippen LogP contribution is 2.20. The van der Waals surface area contributed by atoms with Crippen molar-refractivity contribution in [2.45, 2.75) is 25.7 Å². The monoisotopic (exact) mass is 274 g/mol. The number of ketones is 1. The van der Waals surface area contributed by atoms with Crippen molar-refractivity contribution in [3.63, 3.8) is 0 Å². The van der Waals surface area contributed by atoms with Gasteiger partial charge in [0.2, 0.25) is 10.0 Å². The van der Waals surface area contributed by atoms with Crippen molar-refractivity contribution in [1.82, 2.24) is 9.21 Å². The topological polar surface area (TPSA) is 57.7 Å². The predicted molar refractivity (Wildman–Crippen MR) is 69.8 cm³/mol. The molecule has 0 saturated carbocycles. The maximum atomic E-state index is 11.5. The molecule has 0 aromatic carbocycles. The summed E-state index contributed by atoms with van der Waals surface area (Å²) in [6.07, 6.45) is 4.64. The summed E-state index contributed by atoms with van der Waals surface area (Å²) in [6, 6.07) is 0. The average molecular weight is 274 g/mol. The smallest absolute Gasteiger partial charge is 0.211 e. The van der Waals surface area contributed by atoms with Crippen LogP contribution in [0.5, 0.6) is 0 Å². The van der Waals surface area contributed by atoms with Crippen LogP contribution < -0.4 is 0 Å². The number of likely N-dealkylation sites (tertiary alicyclic amines) is 1. The van der Waals surface area contributed by atoms with E-state index in [1.54, 1.807) is 4.31 Å². The van der Waals surface area contributed by atoms with Gasteiger partial charge in [-0.2, -0.15) is 0 Å². The minimum atomic E-state index is -3.05. The van der Waals surface area contributed by atoms with Crippen molar-refractivity contribution in [2.75, 3.05) is 39.0 Å². The summed E-state index contributed by atoms with van der Waals surface area (Å²) in [4.78, 5) is 13.5. The molecule has 0 amide bonds. The summed E-state index contributed by atoms with van der Waals surface area (Å²) in [5.41, 5.74) is 0. The molecule has 2 fully saturated rings.